The van der Waals surface area contributed by atoms with Crippen molar-refractivity contribution >= 4 is 12.2 Å². The van der Waals surface area contributed by atoms with E-state index in [1.54, 1.807) is 7.05 Å². The summed E-state index contributed by atoms with van der Waals surface area (Å²) in [5.41, 5.74) is 3.92. The molecule has 4 rings (SSSR count). The highest BCUT2D eigenvalue weighted by Crippen LogP contribution is 2.26. The maximum atomic E-state index is 9.03. The Labute approximate surface area is 200 Å². The lowest BCUT2D eigenvalue weighted by molar-refractivity contribution is 0.0981. The van der Waals surface area contributed by atoms with E-state index in [-0.39, 0.29) is 12.1 Å². The molecular weight excluding hydrogens is 412 g/mol. The van der Waals surface area contributed by atoms with Crippen LogP contribution in [-0.2, 0) is 4.74 Å². The molecule has 0 bridgehead atoms. The number of aliphatic imine (C=N–C) groups is 1. The van der Waals surface area contributed by atoms with Crippen LogP contribution in [0, 0.1) is 12.8 Å². The van der Waals surface area contributed by atoms with Crippen molar-refractivity contribution in [2.24, 2.45) is 10.9 Å². The molecule has 1 saturated carbocycles. The number of aliphatic hydroxyl groups is 1. The van der Waals surface area contributed by atoms with Crippen LogP contribution in [0.4, 0.5) is 5.95 Å². The zero-order valence-corrected chi connectivity index (χ0v) is 21.3. The van der Waals surface area contributed by atoms with Crippen molar-refractivity contribution in [3.05, 3.63) is 41.6 Å². The van der Waals surface area contributed by atoms with E-state index in [0.717, 1.165) is 53.8 Å². The molecule has 1 aliphatic carbocycles. The van der Waals surface area contributed by atoms with Gasteiger partial charge in [0.15, 0.2) is 0 Å². The molecule has 0 radical (unpaired) electrons. The predicted molar refractivity (Wildman–Crippen MR) is 138 cm³/mol. The van der Waals surface area contributed by atoms with Gasteiger partial charge in [0.1, 0.15) is 0 Å². The third-order valence-electron chi connectivity index (χ3n) is 6.04. The van der Waals surface area contributed by atoms with Crippen LogP contribution in [0.5, 0.6) is 0 Å². The van der Waals surface area contributed by atoms with Gasteiger partial charge in [0.05, 0.1) is 36.7 Å². The van der Waals surface area contributed by atoms with Gasteiger partial charge in [-0.25, -0.2) is 9.97 Å². The van der Waals surface area contributed by atoms with Gasteiger partial charge in [0.2, 0.25) is 5.95 Å². The van der Waals surface area contributed by atoms with Gasteiger partial charge in [0.25, 0.3) is 0 Å². The van der Waals surface area contributed by atoms with Gasteiger partial charge in [-0.1, -0.05) is 51.1 Å². The van der Waals surface area contributed by atoms with Crippen molar-refractivity contribution in [1.82, 2.24) is 9.97 Å². The fourth-order valence-electron chi connectivity index (χ4n) is 4.06. The van der Waals surface area contributed by atoms with E-state index in [2.05, 4.69) is 35.9 Å². The van der Waals surface area contributed by atoms with Crippen molar-refractivity contribution in [3.8, 4) is 11.3 Å². The lowest BCUT2D eigenvalue weighted by Crippen LogP contribution is -2.44. The van der Waals surface area contributed by atoms with Crippen LogP contribution in [0.2, 0.25) is 0 Å². The summed E-state index contributed by atoms with van der Waals surface area (Å²) < 4.78 is 5.52. The Morgan fingerprint density at radius 1 is 1.06 bits per heavy atom. The van der Waals surface area contributed by atoms with Gasteiger partial charge >= 0.3 is 0 Å². The molecule has 2 aliphatic rings. The molecule has 1 aliphatic heterocycles. The van der Waals surface area contributed by atoms with Crippen molar-refractivity contribution in [3.63, 3.8) is 0 Å². The van der Waals surface area contributed by atoms with Crippen LogP contribution in [0.15, 0.2) is 35.3 Å². The zero-order chi connectivity index (χ0) is 24.2. The molecule has 1 aromatic heterocycles. The molecule has 1 saturated heterocycles. The maximum Gasteiger partial charge on any atom is 0.226 e. The summed E-state index contributed by atoms with van der Waals surface area (Å²) in [7, 11) is 1.77. The van der Waals surface area contributed by atoms with Crippen LogP contribution in [-0.4, -0.2) is 60.2 Å². The number of rotatable bonds is 3. The van der Waals surface area contributed by atoms with Gasteiger partial charge in [-0.05, 0) is 45.4 Å². The van der Waals surface area contributed by atoms with E-state index < -0.39 is 0 Å². The van der Waals surface area contributed by atoms with Crippen LogP contribution < -0.4 is 4.90 Å². The molecule has 2 aromatic rings. The third kappa shape index (κ3) is 7.90. The first-order valence-corrected chi connectivity index (χ1v) is 12.4. The van der Waals surface area contributed by atoms with Crippen LogP contribution in [0.25, 0.3) is 11.3 Å². The third-order valence-corrected chi connectivity index (χ3v) is 6.04. The first kappa shape index (κ1) is 26.9. The van der Waals surface area contributed by atoms with Crippen LogP contribution in [0.3, 0.4) is 0 Å². The summed E-state index contributed by atoms with van der Waals surface area (Å²) in [5, 5.41) is 9.03. The van der Waals surface area contributed by atoms with E-state index in [4.69, 9.17) is 19.8 Å². The highest BCUT2D eigenvalue weighted by molar-refractivity contribution is 5.90. The summed E-state index contributed by atoms with van der Waals surface area (Å²) in [4.78, 5) is 16.0. The Bertz CT molecular complexity index is 839. The van der Waals surface area contributed by atoms with Gasteiger partial charge in [-0.2, -0.15) is 0 Å². The van der Waals surface area contributed by atoms with Gasteiger partial charge < -0.3 is 14.7 Å². The predicted octanol–water partition coefficient (Wildman–Crippen LogP) is 5.31. The minimum atomic E-state index is 0.0196. The van der Waals surface area contributed by atoms with Crippen molar-refractivity contribution in [2.45, 2.75) is 72.4 Å². The summed E-state index contributed by atoms with van der Waals surface area (Å²) in [6.07, 6.45) is 6.36. The first-order valence-electron chi connectivity index (χ1n) is 12.4. The first-order chi connectivity index (χ1) is 16.0. The van der Waals surface area contributed by atoms with Crippen molar-refractivity contribution < 1.29 is 9.84 Å². The van der Waals surface area contributed by atoms with Crippen LogP contribution >= 0.6 is 0 Å². The summed E-state index contributed by atoms with van der Waals surface area (Å²) in [6.45, 7) is 12.6. The lowest BCUT2D eigenvalue weighted by atomic mass is 9.89. The highest BCUT2D eigenvalue weighted by atomic mass is 16.5. The van der Waals surface area contributed by atoms with E-state index in [1.165, 1.54) is 12.8 Å². The number of morpholine rings is 1. The second kappa shape index (κ2) is 14.1. The monoisotopic (exact) mass is 454 g/mol. The summed E-state index contributed by atoms with van der Waals surface area (Å²) in [5.74, 6) is 1.63. The fourth-order valence-corrected chi connectivity index (χ4v) is 4.06. The van der Waals surface area contributed by atoms with Crippen molar-refractivity contribution in [1.29, 1.82) is 0 Å². The average Bonchev–Trinajstić information content (AvgIpc) is 2.85. The molecular formula is C27H42N4O2. The number of ether oxygens (including phenoxy) is 1. The second-order valence-electron chi connectivity index (χ2n) is 8.66. The number of nitrogens with zero attached hydrogens (tertiary/aromatic N) is 4. The Kier molecular flexibility index (Phi) is 11.5. The topological polar surface area (TPSA) is 70.8 Å². The Hall–Kier alpha value is -2.31. The van der Waals surface area contributed by atoms with Gasteiger partial charge in [-0.15, -0.1) is 0 Å². The van der Waals surface area contributed by atoms with E-state index in [9.17, 15) is 0 Å². The number of aliphatic hydroxyl groups excluding tert-OH is 1. The van der Waals surface area contributed by atoms with E-state index >= 15 is 0 Å². The Balaban J connectivity index is 0.000000323. The van der Waals surface area contributed by atoms with E-state index in [0.29, 0.717) is 13.2 Å². The summed E-state index contributed by atoms with van der Waals surface area (Å²) in [6, 6.07) is 10.5. The molecule has 2 heterocycles. The number of aromatic nitrogens is 2. The Morgan fingerprint density at radius 3 is 2.30 bits per heavy atom. The molecule has 1 N–H and O–H groups in total. The minimum absolute atomic E-state index is 0.0196. The molecule has 1 aromatic carbocycles. The molecule has 33 heavy (non-hydrogen) atoms. The summed E-state index contributed by atoms with van der Waals surface area (Å²) >= 11 is 0. The zero-order valence-electron chi connectivity index (χ0n) is 21.3. The van der Waals surface area contributed by atoms with E-state index in [1.807, 2.05) is 45.2 Å². The van der Waals surface area contributed by atoms with Crippen LogP contribution in [0.1, 0.15) is 64.6 Å². The average molecular weight is 455 g/mol. The fraction of sp³-hybridized carbons (Fsp3) is 0.593. The second-order valence-corrected chi connectivity index (χ2v) is 8.66. The number of anilines is 1. The van der Waals surface area contributed by atoms with Gasteiger partial charge in [-0.3, -0.25) is 4.99 Å². The molecule has 0 amide bonds. The quantitative estimate of drug-likeness (QED) is 0.637. The molecule has 1 unspecified atom stereocenters. The smallest absolute Gasteiger partial charge is 0.226 e. The number of hydrogen-bond acceptors (Lipinski definition) is 6. The lowest BCUT2D eigenvalue weighted by Gasteiger charge is -2.33. The normalized spacial score (nSPS) is 22.8. The molecule has 1 atom stereocenters. The maximum absolute atomic E-state index is 9.03. The number of aryl methyl sites for hydroxylation is 1. The molecule has 0 spiro atoms. The minimum Gasteiger partial charge on any atom is -0.393 e. The highest BCUT2D eigenvalue weighted by Gasteiger charge is 2.23. The molecule has 182 valence electrons. The standard InChI is InChI=1S/C18H22N4O.C7H14O.C2H6/c1-13-12-23-10-9-22(13)18-20-14(2)16(11-19-3)17(21-18)15-7-5-4-6-8-15;1-6-2-4-7(8)5-3-6;1-2/h4-8,11,13H,9-10,12H2,1-3H3;6-8H,2-5H2,1H3;1-2H3. The largest absolute Gasteiger partial charge is 0.393 e. The Morgan fingerprint density at radius 2 is 1.73 bits per heavy atom. The number of hydrogen-bond donors (Lipinski definition) is 1. The van der Waals surface area contributed by atoms with Crippen molar-refractivity contribution in [2.75, 3.05) is 31.7 Å². The molecule has 6 nitrogen and oxygen atoms in total. The SMILES string of the molecule is CC.CC1CCC(O)CC1.CN=Cc1c(C)nc(N2CCOCC2C)nc1-c1ccccc1. The molecule has 2 fully saturated rings. The number of benzene rings is 1. The van der Waals surface area contributed by atoms with Gasteiger partial charge in [0, 0.05) is 30.9 Å². The molecule has 6 heteroatoms.